The van der Waals surface area contributed by atoms with Gasteiger partial charge in [-0.3, -0.25) is 4.79 Å². The minimum Gasteiger partial charge on any atom is -0.487 e. The average Bonchev–Trinajstić information content (AvgIpc) is 2.65. The molecule has 0 spiro atoms. The van der Waals surface area contributed by atoms with Crippen molar-refractivity contribution in [2.45, 2.75) is 31.9 Å². The molecule has 27 heavy (non-hydrogen) atoms. The maximum Gasteiger partial charge on any atom is 0.292 e. The van der Waals surface area contributed by atoms with Crippen LogP contribution in [-0.2, 0) is 0 Å². The number of nitrogens with one attached hydrogen (secondary N) is 1. The van der Waals surface area contributed by atoms with Crippen molar-refractivity contribution in [1.29, 1.82) is 0 Å². The van der Waals surface area contributed by atoms with Gasteiger partial charge in [-0.15, -0.1) is 0 Å². The third kappa shape index (κ3) is 3.43. The van der Waals surface area contributed by atoms with E-state index >= 15 is 0 Å². The van der Waals surface area contributed by atoms with Gasteiger partial charge in [-0.05, 0) is 32.0 Å². The lowest BCUT2D eigenvalue weighted by atomic mass is 9.89. The number of rotatable bonds is 3. The van der Waals surface area contributed by atoms with E-state index in [2.05, 4.69) is 10.4 Å². The van der Waals surface area contributed by atoms with E-state index in [1.54, 1.807) is 6.20 Å². The summed E-state index contributed by atoms with van der Waals surface area (Å²) in [5.41, 5.74) is 1.55. The standard InChI is InChI=1S/C21H20ClN3O2/c1-21(2)12-16(15-10-6-7-11-18(15)27-21)24-17-13-23-25(20(26)19(17)22)14-8-4-3-5-9-14/h3-11,13,16,24H,12H2,1-2H3. The first-order valence-electron chi connectivity index (χ1n) is 8.82. The molecular weight excluding hydrogens is 362 g/mol. The summed E-state index contributed by atoms with van der Waals surface area (Å²) in [7, 11) is 0. The van der Waals surface area contributed by atoms with E-state index in [0.717, 1.165) is 17.7 Å². The average molecular weight is 382 g/mol. The molecule has 0 saturated heterocycles. The van der Waals surface area contributed by atoms with Crippen LogP contribution in [0.1, 0.15) is 31.9 Å². The van der Waals surface area contributed by atoms with Crippen LogP contribution < -0.4 is 15.6 Å². The normalized spacial score (nSPS) is 17.7. The monoisotopic (exact) mass is 381 g/mol. The van der Waals surface area contributed by atoms with Crippen molar-refractivity contribution in [2.24, 2.45) is 0 Å². The lowest BCUT2D eigenvalue weighted by Gasteiger charge is -2.38. The van der Waals surface area contributed by atoms with Crippen molar-refractivity contribution in [3.8, 4) is 11.4 Å². The quantitative estimate of drug-likeness (QED) is 0.720. The number of nitrogens with zero attached hydrogens (tertiary/aromatic N) is 2. The number of hydrogen-bond donors (Lipinski definition) is 1. The molecule has 5 nitrogen and oxygen atoms in total. The third-order valence-electron chi connectivity index (χ3n) is 4.63. The van der Waals surface area contributed by atoms with E-state index in [4.69, 9.17) is 16.3 Å². The van der Waals surface area contributed by atoms with Gasteiger partial charge in [0, 0.05) is 12.0 Å². The number of ether oxygens (including phenoxy) is 1. The Morgan fingerprint density at radius 1 is 1.15 bits per heavy atom. The maximum atomic E-state index is 12.7. The molecule has 1 N–H and O–H groups in total. The van der Waals surface area contributed by atoms with Crippen molar-refractivity contribution < 1.29 is 4.74 Å². The smallest absolute Gasteiger partial charge is 0.292 e. The fraction of sp³-hybridized carbons (Fsp3) is 0.238. The van der Waals surface area contributed by atoms with Crippen molar-refractivity contribution in [2.75, 3.05) is 5.32 Å². The van der Waals surface area contributed by atoms with E-state index in [0.29, 0.717) is 11.4 Å². The first-order chi connectivity index (χ1) is 12.9. The second kappa shape index (κ2) is 6.74. The Labute approximate surface area is 162 Å². The van der Waals surface area contributed by atoms with E-state index in [1.807, 2.05) is 68.4 Å². The number of para-hydroxylation sites is 2. The lowest BCUT2D eigenvalue weighted by molar-refractivity contribution is 0.0759. The van der Waals surface area contributed by atoms with Crippen LogP contribution >= 0.6 is 11.6 Å². The van der Waals surface area contributed by atoms with Gasteiger partial charge >= 0.3 is 0 Å². The number of aromatic nitrogens is 2. The molecule has 0 saturated carbocycles. The van der Waals surface area contributed by atoms with Gasteiger partial charge in [0.2, 0.25) is 0 Å². The highest BCUT2D eigenvalue weighted by molar-refractivity contribution is 6.33. The molecule has 0 aliphatic carbocycles. The highest BCUT2D eigenvalue weighted by atomic mass is 35.5. The molecule has 1 aliphatic rings. The van der Waals surface area contributed by atoms with Gasteiger partial charge in [-0.25, -0.2) is 0 Å². The zero-order valence-corrected chi connectivity index (χ0v) is 15.9. The molecule has 0 radical (unpaired) electrons. The fourth-order valence-electron chi connectivity index (χ4n) is 3.41. The van der Waals surface area contributed by atoms with Gasteiger partial charge < -0.3 is 10.1 Å². The Bertz CT molecular complexity index is 1030. The molecule has 1 unspecified atom stereocenters. The molecule has 4 rings (SSSR count). The number of anilines is 1. The molecule has 1 aliphatic heterocycles. The van der Waals surface area contributed by atoms with Crippen LogP contribution in [0.4, 0.5) is 5.69 Å². The van der Waals surface area contributed by atoms with Crippen LogP contribution in [0.25, 0.3) is 5.69 Å². The van der Waals surface area contributed by atoms with Crippen LogP contribution in [0.2, 0.25) is 5.02 Å². The third-order valence-corrected chi connectivity index (χ3v) is 4.99. The van der Waals surface area contributed by atoms with Gasteiger partial charge in [0.25, 0.3) is 5.56 Å². The number of hydrogen-bond acceptors (Lipinski definition) is 4. The van der Waals surface area contributed by atoms with Crippen LogP contribution in [-0.4, -0.2) is 15.4 Å². The Kier molecular flexibility index (Phi) is 4.40. The van der Waals surface area contributed by atoms with Gasteiger partial charge in [0.05, 0.1) is 23.6 Å². The van der Waals surface area contributed by atoms with Crippen molar-refractivity contribution >= 4 is 17.3 Å². The summed E-state index contributed by atoms with van der Waals surface area (Å²) < 4.78 is 7.36. The second-order valence-electron chi connectivity index (χ2n) is 7.23. The topological polar surface area (TPSA) is 56.2 Å². The minimum absolute atomic E-state index is 0.0313. The molecule has 138 valence electrons. The fourth-order valence-corrected chi connectivity index (χ4v) is 3.59. The van der Waals surface area contributed by atoms with Crippen molar-refractivity contribution in [1.82, 2.24) is 9.78 Å². The Hall–Kier alpha value is -2.79. The van der Waals surface area contributed by atoms with Crippen LogP contribution in [0.3, 0.4) is 0 Å². The van der Waals surface area contributed by atoms with Crippen LogP contribution in [0.5, 0.6) is 5.75 Å². The highest BCUT2D eigenvalue weighted by Crippen LogP contribution is 2.41. The zero-order chi connectivity index (χ0) is 19.0. The molecule has 0 fully saturated rings. The largest absolute Gasteiger partial charge is 0.487 e. The van der Waals surface area contributed by atoms with Gasteiger partial charge in [0.15, 0.2) is 0 Å². The molecule has 6 heteroatoms. The predicted molar refractivity (Wildman–Crippen MR) is 107 cm³/mol. The summed E-state index contributed by atoms with van der Waals surface area (Å²) >= 11 is 6.40. The maximum absolute atomic E-state index is 12.7. The van der Waals surface area contributed by atoms with Crippen LogP contribution in [0.15, 0.2) is 65.6 Å². The molecule has 1 atom stereocenters. The number of fused-ring (bicyclic) bond motifs is 1. The number of halogens is 1. The SMILES string of the molecule is CC1(C)CC(Nc2cnn(-c3ccccc3)c(=O)c2Cl)c2ccccc2O1. The summed E-state index contributed by atoms with van der Waals surface area (Å²) in [6.45, 7) is 4.09. The molecule has 0 amide bonds. The zero-order valence-electron chi connectivity index (χ0n) is 15.1. The van der Waals surface area contributed by atoms with Gasteiger partial charge in [0.1, 0.15) is 16.4 Å². The summed E-state index contributed by atoms with van der Waals surface area (Å²) in [5.74, 6) is 0.841. The van der Waals surface area contributed by atoms with Gasteiger partial charge in [-0.2, -0.15) is 9.78 Å². The Morgan fingerprint density at radius 2 is 1.85 bits per heavy atom. The van der Waals surface area contributed by atoms with E-state index in [9.17, 15) is 4.79 Å². The molecule has 3 aromatic rings. The predicted octanol–water partition coefficient (Wildman–Crippen LogP) is 4.60. The lowest BCUT2D eigenvalue weighted by Crippen LogP contribution is -2.37. The Morgan fingerprint density at radius 3 is 2.63 bits per heavy atom. The van der Waals surface area contributed by atoms with Crippen molar-refractivity contribution in [3.05, 3.63) is 81.7 Å². The minimum atomic E-state index is -0.354. The summed E-state index contributed by atoms with van der Waals surface area (Å²) in [4.78, 5) is 12.7. The second-order valence-corrected chi connectivity index (χ2v) is 7.60. The molecular formula is C21H20ClN3O2. The molecule has 2 heterocycles. The van der Waals surface area contributed by atoms with E-state index < -0.39 is 0 Å². The van der Waals surface area contributed by atoms with E-state index in [1.165, 1.54) is 4.68 Å². The Balaban J connectivity index is 1.70. The van der Waals surface area contributed by atoms with Crippen LogP contribution in [0, 0.1) is 0 Å². The highest BCUT2D eigenvalue weighted by Gasteiger charge is 2.34. The molecule has 1 aromatic heterocycles. The summed E-state index contributed by atoms with van der Waals surface area (Å²) in [6.07, 6.45) is 2.34. The van der Waals surface area contributed by atoms with Crippen molar-refractivity contribution in [3.63, 3.8) is 0 Å². The van der Waals surface area contributed by atoms with Gasteiger partial charge in [-0.1, -0.05) is 48.0 Å². The number of benzene rings is 2. The van der Waals surface area contributed by atoms with E-state index in [-0.39, 0.29) is 22.2 Å². The summed E-state index contributed by atoms with van der Waals surface area (Å²) in [5, 5.41) is 7.81. The molecule has 0 bridgehead atoms. The first kappa shape index (κ1) is 17.6. The molecule has 2 aromatic carbocycles. The first-order valence-corrected chi connectivity index (χ1v) is 9.20. The summed E-state index contributed by atoms with van der Waals surface area (Å²) in [6, 6.07) is 17.1.